The number of thiophene rings is 1. The van der Waals surface area contributed by atoms with Crippen LogP contribution in [0.3, 0.4) is 0 Å². The number of carbonyl (C=O) groups excluding carboxylic acids is 1. The second-order valence-electron chi connectivity index (χ2n) is 5.30. The zero-order valence-electron chi connectivity index (χ0n) is 13.9. The van der Waals surface area contributed by atoms with Gasteiger partial charge in [0.05, 0.1) is 10.6 Å². The monoisotopic (exact) mass is 387 g/mol. The van der Waals surface area contributed by atoms with E-state index >= 15 is 0 Å². The van der Waals surface area contributed by atoms with E-state index in [4.69, 9.17) is 5.11 Å². The highest BCUT2D eigenvalue weighted by Crippen LogP contribution is 2.34. The van der Waals surface area contributed by atoms with Crippen molar-refractivity contribution in [3.63, 3.8) is 0 Å². The quantitative estimate of drug-likeness (QED) is 0.586. The van der Waals surface area contributed by atoms with Gasteiger partial charge >= 0.3 is 6.16 Å². The normalized spacial score (nSPS) is 10.4. The van der Waals surface area contributed by atoms with Crippen LogP contribution >= 0.6 is 11.3 Å². The Morgan fingerprint density at radius 3 is 2.59 bits per heavy atom. The maximum atomic E-state index is 12.4. The molecule has 0 fully saturated rings. The molecule has 3 rings (SSSR count). The van der Waals surface area contributed by atoms with Crippen molar-refractivity contribution in [3.05, 3.63) is 57.7 Å². The fraction of sp³-hybridized carbons (Fsp3) is 0.0588. The van der Waals surface area contributed by atoms with E-state index in [-0.39, 0.29) is 11.7 Å². The van der Waals surface area contributed by atoms with Crippen molar-refractivity contribution in [2.45, 2.75) is 0 Å². The summed E-state index contributed by atoms with van der Waals surface area (Å²) >= 11 is 1.17. The van der Waals surface area contributed by atoms with E-state index in [1.54, 1.807) is 41.8 Å². The van der Waals surface area contributed by atoms with Crippen LogP contribution in [0.15, 0.2) is 46.6 Å². The Labute approximate surface area is 156 Å². The summed E-state index contributed by atoms with van der Waals surface area (Å²) in [5.74, 6) is -1.97. The van der Waals surface area contributed by atoms with Crippen LogP contribution in [0, 0.1) is 0 Å². The number of aromatic hydroxyl groups is 1. The topological polar surface area (TPSA) is 131 Å². The minimum atomic E-state index is -1.72. The number of hydrogen-bond donors (Lipinski definition) is 3. The third kappa shape index (κ3) is 3.65. The summed E-state index contributed by atoms with van der Waals surface area (Å²) < 4.78 is 5.41. The van der Waals surface area contributed by atoms with Crippen molar-refractivity contribution in [2.75, 3.05) is 5.32 Å². The molecule has 10 heteroatoms. The summed E-state index contributed by atoms with van der Waals surface area (Å²) in [7, 11) is 1.36. The van der Waals surface area contributed by atoms with Gasteiger partial charge in [-0.25, -0.2) is 4.79 Å². The zero-order chi connectivity index (χ0) is 19.6. The highest BCUT2D eigenvalue weighted by molar-refractivity contribution is 7.14. The molecule has 2 aromatic heterocycles. The molecule has 0 radical (unpaired) electrons. The van der Waals surface area contributed by atoms with Gasteiger partial charge in [-0.15, -0.1) is 11.3 Å². The predicted molar refractivity (Wildman–Crippen MR) is 97.5 cm³/mol. The Hall–Kier alpha value is -3.66. The molecular formula is C17H13N3O6S. The lowest BCUT2D eigenvalue weighted by Crippen LogP contribution is -2.22. The number of aromatic nitrogens is 2. The molecule has 0 aliphatic rings. The van der Waals surface area contributed by atoms with Crippen molar-refractivity contribution >= 4 is 29.1 Å². The SMILES string of the molecule is Cn1c(-c2sccc2NC(=O)c2ccccc2)nc(OC(=O)O)c(O)c1=O. The summed E-state index contributed by atoms with van der Waals surface area (Å²) in [5, 5.41) is 22.9. The summed E-state index contributed by atoms with van der Waals surface area (Å²) in [4.78, 5) is 39.6. The molecule has 27 heavy (non-hydrogen) atoms. The van der Waals surface area contributed by atoms with Gasteiger partial charge in [-0.2, -0.15) is 4.98 Å². The molecule has 1 amide bonds. The molecule has 9 nitrogen and oxygen atoms in total. The lowest BCUT2D eigenvalue weighted by Gasteiger charge is -2.11. The van der Waals surface area contributed by atoms with Gasteiger partial charge in [-0.1, -0.05) is 18.2 Å². The smallest absolute Gasteiger partial charge is 0.499 e. The van der Waals surface area contributed by atoms with Crippen molar-refractivity contribution in [1.29, 1.82) is 0 Å². The third-order valence-corrected chi connectivity index (χ3v) is 4.48. The highest BCUT2D eigenvalue weighted by Gasteiger charge is 2.21. The van der Waals surface area contributed by atoms with Gasteiger partial charge in [0.2, 0.25) is 5.75 Å². The number of nitrogens with zero attached hydrogens (tertiary/aromatic N) is 2. The molecule has 0 saturated heterocycles. The van der Waals surface area contributed by atoms with E-state index in [9.17, 15) is 19.5 Å². The summed E-state index contributed by atoms with van der Waals surface area (Å²) in [6, 6.07) is 10.2. The number of rotatable bonds is 4. The van der Waals surface area contributed by atoms with E-state index in [0.717, 1.165) is 4.57 Å². The first kappa shape index (κ1) is 18.1. The lowest BCUT2D eigenvalue weighted by molar-refractivity contribution is 0.102. The molecule has 0 aliphatic carbocycles. The molecule has 3 N–H and O–H groups in total. The van der Waals surface area contributed by atoms with Gasteiger partial charge in [-0.3, -0.25) is 14.2 Å². The van der Waals surface area contributed by atoms with Crippen molar-refractivity contribution < 1.29 is 24.5 Å². The van der Waals surface area contributed by atoms with E-state index in [0.29, 0.717) is 16.1 Å². The van der Waals surface area contributed by atoms with Crippen molar-refractivity contribution in [2.24, 2.45) is 7.05 Å². The Bertz CT molecular complexity index is 1070. The molecule has 3 aromatic rings. The summed E-state index contributed by atoms with van der Waals surface area (Å²) in [6.45, 7) is 0. The van der Waals surface area contributed by atoms with Crippen LogP contribution in [0.5, 0.6) is 11.6 Å². The Morgan fingerprint density at radius 2 is 1.93 bits per heavy atom. The molecule has 2 heterocycles. The first-order chi connectivity index (χ1) is 12.9. The van der Waals surface area contributed by atoms with E-state index in [2.05, 4.69) is 15.0 Å². The van der Waals surface area contributed by atoms with Gasteiger partial charge in [0, 0.05) is 12.6 Å². The first-order valence-corrected chi connectivity index (χ1v) is 8.41. The largest absolute Gasteiger partial charge is 0.512 e. The molecule has 0 atom stereocenters. The maximum absolute atomic E-state index is 12.4. The van der Waals surface area contributed by atoms with Gasteiger partial charge in [0.25, 0.3) is 17.3 Å². The van der Waals surface area contributed by atoms with Gasteiger partial charge in [0.1, 0.15) is 0 Å². The van der Waals surface area contributed by atoms with Crippen molar-refractivity contribution in [1.82, 2.24) is 9.55 Å². The van der Waals surface area contributed by atoms with Crippen LogP contribution in [0.1, 0.15) is 10.4 Å². The molecule has 0 aliphatic heterocycles. The lowest BCUT2D eigenvalue weighted by atomic mass is 10.2. The number of ether oxygens (including phenoxy) is 1. The fourth-order valence-corrected chi connectivity index (χ4v) is 3.17. The number of hydrogen-bond acceptors (Lipinski definition) is 7. The maximum Gasteiger partial charge on any atom is 0.512 e. The van der Waals surface area contributed by atoms with Gasteiger partial charge in [0.15, 0.2) is 5.82 Å². The minimum absolute atomic E-state index is 0.0346. The van der Waals surface area contributed by atoms with Crippen molar-refractivity contribution in [3.8, 4) is 22.3 Å². The molecule has 0 spiro atoms. The fourth-order valence-electron chi connectivity index (χ4n) is 2.29. The van der Waals surface area contributed by atoms with Gasteiger partial charge in [-0.05, 0) is 23.6 Å². The van der Waals surface area contributed by atoms with Crippen LogP contribution in [-0.4, -0.2) is 31.8 Å². The number of anilines is 1. The highest BCUT2D eigenvalue weighted by atomic mass is 32.1. The Balaban J connectivity index is 2.02. The first-order valence-electron chi connectivity index (χ1n) is 7.53. The summed E-state index contributed by atoms with van der Waals surface area (Å²) in [5.41, 5.74) is -0.0644. The number of nitrogens with one attached hydrogen (secondary N) is 1. The molecule has 138 valence electrons. The number of carbonyl (C=O) groups is 2. The Kier molecular flexibility index (Phi) is 4.90. The number of carboxylic acid groups (broad SMARTS) is 1. The standard InChI is InChI=1S/C17H13N3O6S/c1-20-13(19-15(26-17(24)25)11(21)16(20)23)12-10(7-8-27-12)18-14(22)9-5-3-2-4-6-9/h2-8,21H,1H3,(H,18,22)(H,24,25). The number of amides is 1. The van der Waals surface area contributed by atoms with E-state index in [1.807, 2.05) is 0 Å². The van der Waals surface area contributed by atoms with Crippen LogP contribution < -0.4 is 15.6 Å². The third-order valence-electron chi connectivity index (χ3n) is 3.57. The van der Waals surface area contributed by atoms with Crippen LogP contribution in [0.2, 0.25) is 0 Å². The van der Waals surface area contributed by atoms with E-state index in [1.165, 1.54) is 18.4 Å². The molecule has 0 bridgehead atoms. The van der Waals surface area contributed by atoms with Crippen LogP contribution in [-0.2, 0) is 7.05 Å². The number of benzene rings is 1. The Morgan fingerprint density at radius 1 is 1.22 bits per heavy atom. The van der Waals surface area contributed by atoms with Crippen LogP contribution in [0.4, 0.5) is 10.5 Å². The second-order valence-corrected chi connectivity index (χ2v) is 6.22. The molecule has 0 unspecified atom stereocenters. The van der Waals surface area contributed by atoms with Crippen LogP contribution in [0.25, 0.3) is 10.7 Å². The van der Waals surface area contributed by atoms with Gasteiger partial charge < -0.3 is 20.3 Å². The van der Waals surface area contributed by atoms with E-state index < -0.39 is 23.3 Å². The predicted octanol–water partition coefficient (Wildman–Crippen LogP) is 2.52. The zero-order valence-corrected chi connectivity index (χ0v) is 14.7. The molecule has 1 aromatic carbocycles. The summed E-state index contributed by atoms with van der Waals surface area (Å²) in [6.07, 6.45) is -1.72. The average molecular weight is 387 g/mol. The second kappa shape index (κ2) is 7.30. The minimum Gasteiger partial charge on any atom is -0.499 e. The average Bonchev–Trinajstić information content (AvgIpc) is 3.10. The molecular weight excluding hydrogens is 374 g/mol. The molecule has 0 saturated carbocycles.